The number of pyridine rings is 1. The molecule has 0 fully saturated rings. The van der Waals surface area contributed by atoms with Crippen LogP contribution in [0.4, 0.5) is 0 Å². The molecular formula is C17H22N2O. The second-order valence-electron chi connectivity index (χ2n) is 5.09. The maximum atomic E-state index is 6.02. The van der Waals surface area contributed by atoms with Crippen molar-refractivity contribution < 1.29 is 4.74 Å². The zero-order chi connectivity index (χ0) is 14.4. The highest BCUT2D eigenvalue weighted by molar-refractivity contribution is 5.38. The van der Waals surface area contributed by atoms with Crippen molar-refractivity contribution in [1.29, 1.82) is 0 Å². The first-order valence-corrected chi connectivity index (χ1v) is 7.12. The number of ether oxygens (including phenoxy) is 1. The van der Waals surface area contributed by atoms with E-state index in [2.05, 4.69) is 43.2 Å². The van der Waals surface area contributed by atoms with Crippen LogP contribution in [0.5, 0.6) is 11.5 Å². The Labute approximate surface area is 121 Å². The third-order valence-corrected chi connectivity index (χ3v) is 3.18. The standard InChI is InChI=1S/C17H22N2O/c1-4-18-11-15-12-19-9-8-17(15)20-16-7-5-6-14(10-16)13(2)3/h5-10,12-13,18H,4,11H2,1-3H3. The highest BCUT2D eigenvalue weighted by atomic mass is 16.5. The number of rotatable bonds is 6. The maximum Gasteiger partial charge on any atom is 0.134 e. The van der Waals surface area contributed by atoms with Crippen molar-refractivity contribution in [3.8, 4) is 11.5 Å². The van der Waals surface area contributed by atoms with Gasteiger partial charge in [-0.3, -0.25) is 4.98 Å². The average molecular weight is 270 g/mol. The fourth-order valence-corrected chi connectivity index (χ4v) is 1.97. The number of nitrogens with zero attached hydrogens (tertiary/aromatic N) is 1. The van der Waals surface area contributed by atoms with Crippen molar-refractivity contribution >= 4 is 0 Å². The lowest BCUT2D eigenvalue weighted by atomic mass is 10.0. The summed E-state index contributed by atoms with van der Waals surface area (Å²) in [6, 6.07) is 10.2. The molecule has 1 aromatic carbocycles. The topological polar surface area (TPSA) is 34.2 Å². The summed E-state index contributed by atoms with van der Waals surface area (Å²) in [5.74, 6) is 2.24. The minimum atomic E-state index is 0.497. The smallest absolute Gasteiger partial charge is 0.134 e. The maximum absolute atomic E-state index is 6.02. The Balaban J connectivity index is 2.19. The Morgan fingerprint density at radius 1 is 1.25 bits per heavy atom. The summed E-state index contributed by atoms with van der Waals surface area (Å²) in [6.45, 7) is 8.15. The zero-order valence-electron chi connectivity index (χ0n) is 12.4. The van der Waals surface area contributed by atoms with Crippen LogP contribution < -0.4 is 10.1 Å². The molecule has 0 saturated heterocycles. The van der Waals surface area contributed by atoms with Crippen molar-refractivity contribution in [2.75, 3.05) is 6.54 Å². The van der Waals surface area contributed by atoms with Gasteiger partial charge in [0.1, 0.15) is 11.5 Å². The first-order chi connectivity index (χ1) is 9.70. The van der Waals surface area contributed by atoms with Crippen molar-refractivity contribution in [3.63, 3.8) is 0 Å². The Morgan fingerprint density at radius 2 is 2.10 bits per heavy atom. The number of benzene rings is 1. The summed E-state index contributed by atoms with van der Waals surface area (Å²) in [4.78, 5) is 4.17. The van der Waals surface area contributed by atoms with Crippen LogP contribution in [0.15, 0.2) is 42.7 Å². The van der Waals surface area contributed by atoms with Crippen molar-refractivity contribution in [2.24, 2.45) is 0 Å². The molecule has 0 amide bonds. The van der Waals surface area contributed by atoms with E-state index in [1.807, 2.05) is 24.4 Å². The summed E-state index contributed by atoms with van der Waals surface area (Å²) >= 11 is 0. The molecule has 0 bridgehead atoms. The Morgan fingerprint density at radius 3 is 2.85 bits per heavy atom. The lowest BCUT2D eigenvalue weighted by Crippen LogP contribution is -2.12. The molecule has 0 aliphatic heterocycles. The van der Waals surface area contributed by atoms with E-state index in [0.29, 0.717) is 5.92 Å². The molecule has 3 nitrogen and oxygen atoms in total. The van der Waals surface area contributed by atoms with Crippen LogP contribution in [0.25, 0.3) is 0 Å². The summed E-state index contributed by atoms with van der Waals surface area (Å²) in [5.41, 5.74) is 2.36. The average Bonchev–Trinajstić information content (AvgIpc) is 2.46. The molecule has 0 saturated carbocycles. The summed E-state index contributed by atoms with van der Waals surface area (Å²) in [7, 11) is 0. The molecular weight excluding hydrogens is 248 g/mol. The summed E-state index contributed by atoms with van der Waals surface area (Å²) < 4.78 is 6.02. The molecule has 0 radical (unpaired) electrons. The molecule has 1 N–H and O–H groups in total. The SMILES string of the molecule is CCNCc1cnccc1Oc1cccc(C(C)C)c1. The van der Waals surface area contributed by atoms with Gasteiger partial charge in [0.15, 0.2) is 0 Å². The van der Waals surface area contributed by atoms with Crippen LogP contribution in [0, 0.1) is 0 Å². The van der Waals surface area contributed by atoms with Gasteiger partial charge >= 0.3 is 0 Å². The Bertz CT molecular complexity index is 552. The van der Waals surface area contributed by atoms with Crippen molar-refractivity contribution in [1.82, 2.24) is 10.3 Å². The van der Waals surface area contributed by atoms with Gasteiger partial charge < -0.3 is 10.1 Å². The lowest BCUT2D eigenvalue weighted by Gasteiger charge is -2.12. The van der Waals surface area contributed by atoms with E-state index >= 15 is 0 Å². The molecule has 1 aromatic heterocycles. The first-order valence-electron chi connectivity index (χ1n) is 7.12. The normalized spacial score (nSPS) is 10.8. The monoisotopic (exact) mass is 270 g/mol. The predicted molar refractivity (Wildman–Crippen MR) is 82.2 cm³/mol. The van der Waals surface area contributed by atoms with Gasteiger partial charge in [0.2, 0.25) is 0 Å². The van der Waals surface area contributed by atoms with Crippen LogP contribution >= 0.6 is 0 Å². The molecule has 3 heteroatoms. The van der Waals surface area contributed by atoms with Crippen LogP contribution in [-0.4, -0.2) is 11.5 Å². The second-order valence-corrected chi connectivity index (χ2v) is 5.09. The minimum Gasteiger partial charge on any atom is -0.457 e. The van der Waals surface area contributed by atoms with Crippen molar-refractivity contribution in [2.45, 2.75) is 33.2 Å². The van der Waals surface area contributed by atoms with Gasteiger partial charge in [-0.25, -0.2) is 0 Å². The van der Waals surface area contributed by atoms with E-state index in [-0.39, 0.29) is 0 Å². The van der Waals surface area contributed by atoms with Gasteiger partial charge in [0.25, 0.3) is 0 Å². The molecule has 0 aliphatic carbocycles. The zero-order valence-corrected chi connectivity index (χ0v) is 12.4. The third kappa shape index (κ3) is 3.81. The first kappa shape index (κ1) is 14.5. The van der Waals surface area contributed by atoms with Crippen molar-refractivity contribution in [3.05, 3.63) is 53.9 Å². The fraction of sp³-hybridized carbons (Fsp3) is 0.353. The minimum absolute atomic E-state index is 0.497. The Hall–Kier alpha value is -1.87. The van der Waals surface area contributed by atoms with E-state index in [4.69, 9.17) is 4.74 Å². The van der Waals surface area contributed by atoms with E-state index in [1.165, 1.54) is 5.56 Å². The molecule has 2 rings (SSSR count). The van der Waals surface area contributed by atoms with Gasteiger partial charge in [-0.15, -0.1) is 0 Å². The number of hydrogen-bond acceptors (Lipinski definition) is 3. The second kappa shape index (κ2) is 7.06. The molecule has 0 spiro atoms. The van der Waals surface area contributed by atoms with Gasteiger partial charge in [-0.2, -0.15) is 0 Å². The molecule has 0 atom stereocenters. The summed E-state index contributed by atoms with van der Waals surface area (Å²) in [6.07, 6.45) is 3.61. The number of nitrogens with one attached hydrogen (secondary N) is 1. The van der Waals surface area contributed by atoms with Gasteiger partial charge in [0.05, 0.1) is 0 Å². The van der Waals surface area contributed by atoms with Gasteiger partial charge in [-0.05, 0) is 36.2 Å². The molecule has 20 heavy (non-hydrogen) atoms. The third-order valence-electron chi connectivity index (χ3n) is 3.18. The van der Waals surface area contributed by atoms with Crippen LogP contribution in [-0.2, 0) is 6.54 Å². The van der Waals surface area contributed by atoms with Crippen LogP contribution in [0.3, 0.4) is 0 Å². The molecule has 2 aromatic rings. The van der Waals surface area contributed by atoms with Gasteiger partial charge in [0, 0.05) is 24.5 Å². The van der Waals surface area contributed by atoms with E-state index in [1.54, 1.807) is 6.20 Å². The lowest BCUT2D eigenvalue weighted by molar-refractivity contribution is 0.471. The fourth-order valence-electron chi connectivity index (χ4n) is 1.97. The van der Waals surface area contributed by atoms with E-state index in [9.17, 15) is 0 Å². The molecule has 1 heterocycles. The molecule has 0 unspecified atom stereocenters. The highest BCUT2D eigenvalue weighted by Crippen LogP contribution is 2.27. The predicted octanol–water partition coefficient (Wildman–Crippen LogP) is 4.11. The molecule has 106 valence electrons. The van der Waals surface area contributed by atoms with E-state index < -0.39 is 0 Å². The highest BCUT2D eigenvalue weighted by Gasteiger charge is 2.06. The number of aromatic nitrogens is 1. The van der Waals surface area contributed by atoms with Gasteiger partial charge in [-0.1, -0.05) is 32.9 Å². The Kier molecular flexibility index (Phi) is 5.13. The number of hydrogen-bond donors (Lipinski definition) is 1. The van der Waals surface area contributed by atoms with Crippen LogP contribution in [0.2, 0.25) is 0 Å². The molecule has 0 aliphatic rings. The summed E-state index contributed by atoms with van der Waals surface area (Å²) in [5, 5.41) is 3.30. The quantitative estimate of drug-likeness (QED) is 0.857. The van der Waals surface area contributed by atoms with E-state index in [0.717, 1.165) is 30.2 Å². The van der Waals surface area contributed by atoms with Crippen LogP contribution in [0.1, 0.15) is 37.8 Å². The largest absolute Gasteiger partial charge is 0.457 e.